The molecule has 0 aromatic heterocycles. The molecule has 1 aliphatic rings. The number of amides is 2. The minimum absolute atomic E-state index is 0.00165. The van der Waals surface area contributed by atoms with Gasteiger partial charge in [-0.2, -0.15) is 0 Å². The molecule has 0 bridgehead atoms. The molecule has 26 heavy (non-hydrogen) atoms. The third kappa shape index (κ3) is 4.37. The molecule has 0 spiro atoms. The highest BCUT2D eigenvalue weighted by molar-refractivity contribution is 6.02. The SMILES string of the molecule is CCCN(CCC)C(=O)CN1C(=O)COc2ccc(C(C)(C)CC)cc21. The smallest absolute Gasteiger partial charge is 0.265 e. The Balaban J connectivity index is 2.31. The molecule has 0 radical (unpaired) electrons. The first kappa shape index (κ1) is 20.3. The average Bonchev–Trinajstić information content (AvgIpc) is 2.63. The van der Waals surface area contributed by atoms with E-state index in [0.717, 1.165) is 37.9 Å². The number of carbonyl (C=O) groups excluding carboxylic acids is 2. The van der Waals surface area contributed by atoms with E-state index in [1.165, 1.54) is 0 Å². The Morgan fingerprint density at radius 2 is 1.85 bits per heavy atom. The van der Waals surface area contributed by atoms with Crippen molar-refractivity contribution in [2.75, 3.05) is 31.1 Å². The van der Waals surface area contributed by atoms with Crippen LogP contribution < -0.4 is 9.64 Å². The van der Waals surface area contributed by atoms with E-state index < -0.39 is 0 Å². The Kier molecular flexibility index (Phi) is 6.68. The van der Waals surface area contributed by atoms with Gasteiger partial charge in [-0.15, -0.1) is 0 Å². The van der Waals surface area contributed by atoms with Crippen LogP contribution in [0.1, 0.15) is 59.4 Å². The maximum atomic E-state index is 12.8. The van der Waals surface area contributed by atoms with E-state index in [2.05, 4.69) is 40.7 Å². The molecule has 0 atom stereocenters. The lowest BCUT2D eigenvalue weighted by Gasteiger charge is -2.33. The summed E-state index contributed by atoms with van der Waals surface area (Å²) < 4.78 is 5.59. The topological polar surface area (TPSA) is 49.9 Å². The summed E-state index contributed by atoms with van der Waals surface area (Å²) in [5, 5.41) is 0. The maximum absolute atomic E-state index is 12.8. The first-order chi connectivity index (χ1) is 12.3. The van der Waals surface area contributed by atoms with Gasteiger partial charge >= 0.3 is 0 Å². The van der Waals surface area contributed by atoms with Gasteiger partial charge in [0.15, 0.2) is 6.61 Å². The van der Waals surface area contributed by atoms with Crippen molar-refractivity contribution in [1.82, 2.24) is 4.90 Å². The molecule has 0 N–H and O–H groups in total. The van der Waals surface area contributed by atoms with Gasteiger partial charge in [-0.05, 0) is 42.4 Å². The summed E-state index contributed by atoms with van der Waals surface area (Å²) in [7, 11) is 0. The van der Waals surface area contributed by atoms with Crippen LogP contribution in [0.2, 0.25) is 0 Å². The van der Waals surface area contributed by atoms with E-state index in [1.807, 2.05) is 17.0 Å². The summed E-state index contributed by atoms with van der Waals surface area (Å²) in [6.45, 7) is 12.1. The van der Waals surface area contributed by atoms with Gasteiger partial charge in [0.05, 0.1) is 5.69 Å². The summed E-state index contributed by atoms with van der Waals surface area (Å²) in [4.78, 5) is 28.7. The highest BCUT2D eigenvalue weighted by atomic mass is 16.5. The van der Waals surface area contributed by atoms with Crippen LogP contribution in [0.5, 0.6) is 5.75 Å². The summed E-state index contributed by atoms with van der Waals surface area (Å²) in [6.07, 6.45) is 2.81. The van der Waals surface area contributed by atoms with Crippen molar-refractivity contribution in [2.24, 2.45) is 0 Å². The number of anilines is 1. The highest BCUT2D eigenvalue weighted by Crippen LogP contribution is 2.37. The molecule has 2 rings (SSSR count). The molecule has 144 valence electrons. The molecule has 1 aromatic rings. The van der Waals surface area contributed by atoms with Gasteiger partial charge in [-0.1, -0.05) is 40.7 Å². The number of rotatable bonds is 8. The second kappa shape index (κ2) is 8.56. The van der Waals surface area contributed by atoms with Gasteiger partial charge in [-0.25, -0.2) is 0 Å². The van der Waals surface area contributed by atoms with Crippen LogP contribution in [-0.4, -0.2) is 43.0 Å². The largest absolute Gasteiger partial charge is 0.482 e. The van der Waals surface area contributed by atoms with Crippen molar-refractivity contribution in [3.8, 4) is 5.75 Å². The van der Waals surface area contributed by atoms with Crippen molar-refractivity contribution in [2.45, 2.75) is 59.3 Å². The zero-order valence-electron chi connectivity index (χ0n) is 16.8. The van der Waals surface area contributed by atoms with Gasteiger partial charge in [0, 0.05) is 13.1 Å². The number of nitrogens with zero attached hydrogens (tertiary/aromatic N) is 2. The van der Waals surface area contributed by atoms with Crippen molar-refractivity contribution in [1.29, 1.82) is 0 Å². The lowest BCUT2D eigenvalue weighted by atomic mass is 9.82. The van der Waals surface area contributed by atoms with E-state index in [1.54, 1.807) is 4.90 Å². The number of carbonyl (C=O) groups is 2. The maximum Gasteiger partial charge on any atom is 0.265 e. The van der Waals surface area contributed by atoms with Crippen LogP contribution in [0.15, 0.2) is 18.2 Å². The fourth-order valence-electron chi connectivity index (χ4n) is 3.14. The molecule has 0 aliphatic carbocycles. The van der Waals surface area contributed by atoms with Gasteiger partial charge in [0.25, 0.3) is 5.91 Å². The molecular formula is C21H32N2O3. The van der Waals surface area contributed by atoms with Crippen molar-refractivity contribution in [3.63, 3.8) is 0 Å². The fourth-order valence-corrected chi connectivity index (χ4v) is 3.14. The van der Waals surface area contributed by atoms with E-state index >= 15 is 0 Å². The van der Waals surface area contributed by atoms with Gasteiger partial charge in [-0.3, -0.25) is 14.5 Å². The van der Waals surface area contributed by atoms with Crippen LogP contribution in [0, 0.1) is 0 Å². The fraction of sp³-hybridized carbons (Fsp3) is 0.619. The van der Waals surface area contributed by atoms with Crippen molar-refractivity contribution < 1.29 is 14.3 Å². The van der Waals surface area contributed by atoms with Crippen LogP contribution >= 0.6 is 0 Å². The molecule has 0 unspecified atom stereocenters. The van der Waals surface area contributed by atoms with Gasteiger partial charge < -0.3 is 9.64 Å². The van der Waals surface area contributed by atoms with Crippen LogP contribution in [0.25, 0.3) is 0 Å². The zero-order chi connectivity index (χ0) is 19.3. The molecular weight excluding hydrogens is 328 g/mol. The molecule has 1 aliphatic heterocycles. The van der Waals surface area contributed by atoms with Crippen molar-refractivity contribution in [3.05, 3.63) is 23.8 Å². The second-order valence-corrected chi connectivity index (χ2v) is 7.57. The number of hydrogen-bond acceptors (Lipinski definition) is 3. The third-order valence-electron chi connectivity index (χ3n) is 5.20. The molecule has 0 fully saturated rings. The minimum Gasteiger partial charge on any atom is -0.482 e. The molecule has 0 saturated carbocycles. The molecule has 0 saturated heterocycles. The van der Waals surface area contributed by atoms with E-state index in [9.17, 15) is 9.59 Å². The summed E-state index contributed by atoms with van der Waals surface area (Å²) in [5.74, 6) is 0.505. The third-order valence-corrected chi connectivity index (χ3v) is 5.20. The van der Waals surface area contributed by atoms with Gasteiger partial charge in [0.2, 0.25) is 5.91 Å². The normalized spacial score (nSPS) is 14.0. The van der Waals surface area contributed by atoms with E-state index in [4.69, 9.17) is 4.74 Å². The Morgan fingerprint density at radius 1 is 1.19 bits per heavy atom. The Labute approximate surface area is 157 Å². The standard InChI is InChI=1S/C21H32N2O3/c1-6-11-22(12-7-2)19(24)14-23-17-13-16(21(4,5)8-3)9-10-18(17)26-15-20(23)25/h9-10,13H,6-8,11-12,14-15H2,1-5H3. The number of fused-ring (bicyclic) bond motifs is 1. The van der Waals surface area contributed by atoms with Crippen LogP contribution in [0.3, 0.4) is 0 Å². The van der Waals surface area contributed by atoms with Crippen LogP contribution in [0.4, 0.5) is 5.69 Å². The van der Waals surface area contributed by atoms with Crippen molar-refractivity contribution >= 4 is 17.5 Å². The predicted molar refractivity (Wildman–Crippen MR) is 105 cm³/mol. The summed E-state index contributed by atoms with van der Waals surface area (Å²) in [6, 6.07) is 5.98. The number of ether oxygens (including phenoxy) is 1. The first-order valence-corrected chi connectivity index (χ1v) is 9.69. The monoisotopic (exact) mass is 360 g/mol. The number of benzene rings is 1. The Bertz CT molecular complexity index is 649. The second-order valence-electron chi connectivity index (χ2n) is 7.57. The van der Waals surface area contributed by atoms with E-state index in [-0.39, 0.29) is 30.4 Å². The number of hydrogen-bond donors (Lipinski definition) is 0. The van der Waals surface area contributed by atoms with Crippen LogP contribution in [-0.2, 0) is 15.0 Å². The lowest BCUT2D eigenvalue weighted by molar-refractivity contribution is -0.132. The Hall–Kier alpha value is -2.04. The lowest BCUT2D eigenvalue weighted by Crippen LogP contribution is -2.47. The molecule has 5 nitrogen and oxygen atoms in total. The van der Waals surface area contributed by atoms with Gasteiger partial charge in [0.1, 0.15) is 12.3 Å². The zero-order valence-corrected chi connectivity index (χ0v) is 16.8. The minimum atomic E-state index is -0.162. The molecule has 1 heterocycles. The quantitative estimate of drug-likeness (QED) is 0.709. The molecule has 2 amide bonds. The average molecular weight is 360 g/mol. The van der Waals surface area contributed by atoms with E-state index in [0.29, 0.717) is 11.4 Å². The molecule has 5 heteroatoms. The summed E-state index contributed by atoms with van der Waals surface area (Å²) in [5.41, 5.74) is 1.86. The first-order valence-electron chi connectivity index (χ1n) is 9.69. The molecule has 1 aromatic carbocycles. The summed E-state index contributed by atoms with van der Waals surface area (Å²) >= 11 is 0. The Morgan fingerprint density at radius 3 is 2.42 bits per heavy atom. The predicted octanol–water partition coefficient (Wildman–Crippen LogP) is 3.75. The highest BCUT2D eigenvalue weighted by Gasteiger charge is 2.30.